The second-order valence-corrected chi connectivity index (χ2v) is 4.37. The van der Waals surface area contributed by atoms with Crippen LogP contribution >= 0.6 is 11.6 Å². The number of nitrogens with one attached hydrogen (secondary N) is 1. The zero-order valence-electron chi connectivity index (χ0n) is 9.98. The summed E-state index contributed by atoms with van der Waals surface area (Å²) in [5.74, 6) is -0.138. The second kappa shape index (κ2) is 5.65. The molecule has 1 amide bonds. The van der Waals surface area contributed by atoms with E-state index >= 15 is 0 Å². The third-order valence-electron chi connectivity index (χ3n) is 2.68. The molecule has 1 aromatic carbocycles. The molecule has 0 atom stereocenters. The minimum atomic E-state index is -0.138. The average molecular weight is 261 g/mol. The van der Waals surface area contributed by atoms with Gasteiger partial charge < -0.3 is 5.32 Å². The summed E-state index contributed by atoms with van der Waals surface area (Å²) in [6.07, 6.45) is 3.23. The number of rotatable bonds is 3. The van der Waals surface area contributed by atoms with E-state index in [2.05, 4.69) is 10.3 Å². The summed E-state index contributed by atoms with van der Waals surface area (Å²) in [5, 5.41) is 3.49. The molecule has 0 saturated carbocycles. The summed E-state index contributed by atoms with van der Waals surface area (Å²) >= 11 is 6.02. The molecule has 0 bridgehead atoms. The third-order valence-corrected chi connectivity index (χ3v) is 3.05. The molecule has 0 radical (unpaired) electrons. The van der Waals surface area contributed by atoms with Crippen molar-refractivity contribution in [3.8, 4) is 0 Å². The highest BCUT2D eigenvalue weighted by Crippen LogP contribution is 2.14. The van der Waals surface area contributed by atoms with Crippen molar-refractivity contribution in [3.05, 3.63) is 64.4 Å². The van der Waals surface area contributed by atoms with Crippen molar-refractivity contribution < 1.29 is 4.79 Å². The maximum Gasteiger partial charge on any atom is 0.253 e. The summed E-state index contributed by atoms with van der Waals surface area (Å²) in [6.45, 7) is 2.29. The summed E-state index contributed by atoms with van der Waals surface area (Å²) in [7, 11) is 0. The molecule has 2 rings (SSSR count). The lowest BCUT2D eigenvalue weighted by molar-refractivity contribution is 0.0950. The van der Waals surface area contributed by atoms with E-state index in [1.54, 1.807) is 18.5 Å². The van der Waals surface area contributed by atoms with Gasteiger partial charge in [-0.2, -0.15) is 0 Å². The molecular weight excluding hydrogens is 248 g/mol. The van der Waals surface area contributed by atoms with Crippen molar-refractivity contribution in [2.24, 2.45) is 0 Å². The highest BCUT2D eigenvalue weighted by molar-refractivity contribution is 6.31. The van der Waals surface area contributed by atoms with Gasteiger partial charge in [0.2, 0.25) is 0 Å². The third kappa shape index (κ3) is 2.87. The Balaban J connectivity index is 2.06. The number of aromatic nitrogens is 1. The monoisotopic (exact) mass is 260 g/mol. The predicted octanol–water partition coefficient (Wildman–Crippen LogP) is 2.97. The highest BCUT2D eigenvalue weighted by atomic mass is 35.5. The number of halogens is 1. The molecule has 1 aromatic heterocycles. The molecule has 0 unspecified atom stereocenters. The smallest absolute Gasteiger partial charge is 0.253 e. The van der Waals surface area contributed by atoms with E-state index in [1.807, 2.05) is 31.2 Å². The van der Waals surface area contributed by atoms with Crippen molar-refractivity contribution >= 4 is 17.5 Å². The first kappa shape index (κ1) is 12.6. The van der Waals surface area contributed by atoms with Crippen LogP contribution in [0.5, 0.6) is 0 Å². The van der Waals surface area contributed by atoms with Crippen LogP contribution in [-0.2, 0) is 6.54 Å². The number of aryl methyl sites for hydroxylation is 1. The van der Waals surface area contributed by atoms with E-state index in [9.17, 15) is 4.79 Å². The fourth-order valence-corrected chi connectivity index (χ4v) is 1.82. The van der Waals surface area contributed by atoms with Crippen molar-refractivity contribution in [2.75, 3.05) is 0 Å². The largest absolute Gasteiger partial charge is 0.348 e. The van der Waals surface area contributed by atoms with Gasteiger partial charge in [0.15, 0.2) is 0 Å². The summed E-state index contributed by atoms with van der Waals surface area (Å²) < 4.78 is 0. The summed E-state index contributed by atoms with van der Waals surface area (Å²) in [4.78, 5) is 15.9. The van der Waals surface area contributed by atoms with Gasteiger partial charge in [-0.25, -0.2) is 0 Å². The lowest BCUT2D eigenvalue weighted by atomic mass is 10.1. The zero-order chi connectivity index (χ0) is 13.0. The second-order valence-electron chi connectivity index (χ2n) is 3.96. The Morgan fingerprint density at radius 2 is 2.11 bits per heavy atom. The Labute approximate surface area is 111 Å². The van der Waals surface area contributed by atoms with E-state index < -0.39 is 0 Å². The normalized spacial score (nSPS) is 10.1. The Morgan fingerprint density at radius 3 is 2.83 bits per heavy atom. The van der Waals surface area contributed by atoms with E-state index in [-0.39, 0.29) is 5.91 Å². The summed E-state index contributed by atoms with van der Waals surface area (Å²) in [5.41, 5.74) is 2.39. The maximum atomic E-state index is 12.0. The van der Waals surface area contributed by atoms with Crippen LogP contribution in [-0.4, -0.2) is 10.9 Å². The molecule has 0 aliphatic rings. The minimum Gasteiger partial charge on any atom is -0.348 e. The molecule has 18 heavy (non-hydrogen) atoms. The number of hydrogen-bond acceptors (Lipinski definition) is 2. The fourth-order valence-electron chi connectivity index (χ4n) is 1.61. The summed E-state index contributed by atoms with van der Waals surface area (Å²) in [6, 6.07) is 9.25. The van der Waals surface area contributed by atoms with Crippen molar-refractivity contribution in [1.82, 2.24) is 10.3 Å². The predicted molar refractivity (Wildman–Crippen MR) is 71.6 cm³/mol. The first-order valence-corrected chi connectivity index (χ1v) is 5.98. The van der Waals surface area contributed by atoms with Crippen LogP contribution in [0.1, 0.15) is 21.5 Å². The molecule has 4 heteroatoms. The number of benzene rings is 1. The number of amides is 1. The Hall–Kier alpha value is -1.87. The molecule has 0 spiro atoms. The first-order valence-electron chi connectivity index (χ1n) is 5.60. The minimum absolute atomic E-state index is 0.138. The molecule has 2 aromatic rings. The van der Waals surface area contributed by atoms with E-state index in [4.69, 9.17) is 11.6 Å². The quantitative estimate of drug-likeness (QED) is 0.922. The molecular formula is C14H13ClN2O. The average Bonchev–Trinajstić information content (AvgIpc) is 2.38. The van der Waals surface area contributed by atoms with Gasteiger partial charge in [0.1, 0.15) is 0 Å². The molecule has 92 valence electrons. The lowest BCUT2D eigenvalue weighted by Crippen LogP contribution is -2.23. The lowest BCUT2D eigenvalue weighted by Gasteiger charge is -2.08. The van der Waals surface area contributed by atoms with Gasteiger partial charge in [-0.15, -0.1) is 0 Å². The van der Waals surface area contributed by atoms with Crippen molar-refractivity contribution in [1.29, 1.82) is 0 Å². The zero-order valence-corrected chi connectivity index (χ0v) is 10.7. The first-order chi connectivity index (χ1) is 8.68. The molecule has 3 nitrogen and oxygen atoms in total. The molecule has 1 N–H and O–H groups in total. The van der Waals surface area contributed by atoms with Crippen molar-refractivity contribution in [2.45, 2.75) is 13.5 Å². The van der Waals surface area contributed by atoms with Crippen LogP contribution in [0.3, 0.4) is 0 Å². The number of carbonyl (C=O) groups is 1. The number of carbonyl (C=O) groups excluding carboxylic acids is 1. The van der Waals surface area contributed by atoms with Crippen molar-refractivity contribution in [3.63, 3.8) is 0 Å². The highest BCUT2D eigenvalue weighted by Gasteiger charge is 2.08. The Kier molecular flexibility index (Phi) is 3.95. The standard InChI is InChI=1S/C14H13ClN2O/c1-10-6-7-16-9-12(10)14(18)17-8-11-4-2-3-5-13(11)15/h2-7,9H,8H2,1H3,(H,17,18). The molecule has 0 fully saturated rings. The van der Waals surface area contributed by atoms with Crippen LogP contribution < -0.4 is 5.32 Å². The van der Waals surface area contributed by atoms with Gasteiger partial charge >= 0.3 is 0 Å². The van der Waals surface area contributed by atoms with Gasteiger partial charge in [0.25, 0.3) is 5.91 Å². The Morgan fingerprint density at radius 1 is 1.33 bits per heavy atom. The topological polar surface area (TPSA) is 42.0 Å². The van der Waals surface area contributed by atoms with Gasteiger partial charge in [-0.3, -0.25) is 9.78 Å². The van der Waals surface area contributed by atoms with Crippen LogP contribution in [0.2, 0.25) is 5.02 Å². The number of hydrogen-bond donors (Lipinski definition) is 1. The van der Waals surface area contributed by atoms with E-state index in [1.165, 1.54) is 0 Å². The molecule has 0 aliphatic heterocycles. The van der Waals surface area contributed by atoms with Gasteiger partial charge in [-0.1, -0.05) is 29.8 Å². The number of nitrogens with zero attached hydrogens (tertiary/aromatic N) is 1. The maximum absolute atomic E-state index is 12.0. The molecule has 0 saturated heterocycles. The van der Waals surface area contributed by atoms with Gasteiger partial charge in [0, 0.05) is 24.0 Å². The van der Waals surface area contributed by atoms with Crippen LogP contribution in [0.15, 0.2) is 42.7 Å². The molecule has 1 heterocycles. The SMILES string of the molecule is Cc1ccncc1C(=O)NCc1ccccc1Cl. The molecule has 0 aliphatic carbocycles. The van der Waals surface area contributed by atoms with E-state index in [0.717, 1.165) is 11.1 Å². The number of pyridine rings is 1. The van der Waals surface area contributed by atoms with Gasteiger partial charge in [0.05, 0.1) is 5.56 Å². The van der Waals surface area contributed by atoms with Crippen LogP contribution in [0.4, 0.5) is 0 Å². The van der Waals surface area contributed by atoms with Gasteiger partial charge in [-0.05, 0) is 30.2 Å². The van der Waals surface area contributed by atoms with E-state index in [0.29, 0.717) is 17.1 Å². The fraction of sp³-hybridized carbons (Fsp3) is 0.143. The van der Waals surface area contributed by atoms with Crippen LogP contribution in [0.25, 0.3) is 0 Å². The Bertz CT molecular complexity index is 569. The van der Waals surface area contributed by atoms with Crippen LogP contribution in [0, 0.1) is 6.92 Å².